The van der Waals surface area contributed by atoms with Crippen LogP contribution in [0.5, 0.6) is 0 Å². The molecule has 15 heavy (non-hydrogen) atoms. The molecule has 3 N–H and O–H groups in total. The zero-order valence-corrected chi connectivity index (χ0v) is 11.2. The predicted molar refractivity (Wildman–Crippen MR) is 63.6 cm³/mol. The summed E-state index contributed by atoms with van der Waals surface area (Å²) >= 11 is 0. The van der Waals surface area contributed by atoms with Gasteiger partial charge in [-0.05, 0) is 31.7 Å². The molecule has 0 aromatic rings. The predicted octanol–water partition coefficient (Wildman–Crippen LogP) is 0.910. The van der Waals surface area contributed by atoms with Crippen molar-refractivity contribution in [1.82, 2.24) is 5.32 Å². The average molecular weight is 232 g/mol. The van der Waals surface area contributed by atoms with Crippen LogP contribution in [0.1, 0.15) is 33.6 Å². The Morgan fingerprint density at radius 3 is 2.53 bits per heavy atom. The molecule has 3 unspecified atom stereocenters. The van der Waals surface area contributed by atoms with Gasteiger partial charge < -0.3 is 14.6 Å². The van der Waals surface area contributed by atoms with E-state index in [1.807, 2.05) is 6.92 Å². The van der Waals surface area contributed by atoms with E-state index in [0.29, 0.717) is 5.92 Å². The van der Waals surface area contributed by atoms with Gasteiger partial charge in [-0.3, -0.25) is 5.32 Å². The highest BCUT2D eigenvalue weighted by atomic mass is 28.3. The lowest BCUT2D eigenvalue weighted by molar-refractivity contribution is 0.0616. The number of hydrogen-bond acceptors (Lipinski definition) is 4. The summed E-state index contributed by atoms with van der Waals surface area (Å²) in [6.45, 7) is 7.08. The second kappa shape index (κ2) is 6.60. The molecule has 0 aromatic heterocycles. The molecule has 1 rings (SSSR count). The Morgan fingerprint density at radius 1 is 1.33 bits per heavy atom. The lowest BCUT2D eigenvalue weighted by Crippen LogP contribution is -2.49. The molecule has 1 fully saturated rings. The quantitative estimate of drug-likeness (QED) is 0.546. The van der Waals surface area contributed by atoms with Crippen LogP contribution >= 0.6 is 0 Å². The Labute approximate surface area is 94.4 Å². The van der Waals surface area contributed by atoms with E-state index in [1.54, 1.807) is 0 Å². The number of nitrogens with two attached hydrogens (primary N) is 1. The van der Waals surface area contributed by atoms with Crippen molar-refractivity contribution in [1.29, 1.82) is 0 Å². The Balaban J connectivity index is 2.35. The van der Waals surface area contributed by atoms with Crippen LogP contribution in [-0.4, -0.2) is 28.3 Å². The van der Waals surface area contributed by atoms with Crippen molar-refractivity contribution >= 4 is 9.28 Å². The van der Waals surface area contributed by atoms with Gasteiger partial charge in [0.05, 0.1) is 6.17 Å². The third-order valence-corrected chi connectivity index (χ3v) is 4.55. The summed E-state index contributed by atoms with van der Waals surface area (Å²) in [5.41, 5.74) is 5.72. The zero-order chi connectivity index (χ0) is 11.3. The summed E-state index contributed by atoms with van der Waals surface area (Å²) in [7, 11) is -1.42. The third-order valence-electron chi connectivity index (χ3n) is 2.47. The summed E-state index contributed by atoms with van der Waals surface area (Å²) in [4.78, 5) is 0. The number of rotatable bonds is 5. The van der Waals surface area contributed by atoms with Crippen molar-refractivity contribution in [3.8, 4) is 0 Å². The molecule has 0 radical (unpaired) electrons. The smallest absolute Gasteiger partial charge is 0.322 e. The van der Waals surface area contributed by atoms with E-state index in [4.69, 9.17) is 14.6 Å². The second-order valence-corrected chi connectivity index (χ2v) is 6.59. The standard InChI is InChI=1S/C10H24N2O2Si/c1-8(2)10(12-9(3)11)14-15-7-5-4-6-13-15/h8-10,12,15H,4-7,11H2,1-3H3. The van der Waals surface area contributed by atoms with Crippen molar-refractivity contribution in [3.63, 3.8) is 0 Å². The molecule has 0 aliphatic carbocycles. The number of nitrogens with one attached hydrogen (secondary N) is 1. The minimum Gasteiger partial charge on any atom is -0.396 e. The average Bonchev–Trinajstić information content (AvgIpc) is 2.17. The van der Waals surface area contributed by atoms with Gasteiger partial charge in [0.15, 0.2) is 0 Å². The maximum absolute atomic E-state index is 5.99. The molecule has 1 saturated heterocycles. The largest absolute Gasteiger partial charge is 0.396 e. The molecule has 1 aliphatic heterocycles. The van der Waals surface area contributed by atoms with Crippen LogP contribution in [0.4, 0.5) is 0 Å². The molecule has 4 nitrogen and oxygen atoms in total. The van der Waals surface area contributed by atoms with Crippen LogP contribution in [0.2, 0.25) is 6.04 Å². The molecule has 1 aliphatic rings. The highest BCUT2D eigenvalue weighted by Crippen LogP contribution is 2.15. The first-order valence-electron chi connectivity index (χ1n) is 5.88. The van der Waals surface area contributed by atoms with Crippen LogP contribution in [-0.2, 0) is 8.85 Å². The van der Waals surface area contributed by atoms with Gasteiger partial charge in [-0.25, -0.2) is 0 Å². The number of hydrogen-bond donors (Lipinski definition) is 2. The molecule has 1 heterocycles. The Morgan fingerprint density at radius 2 is 2.07 bits per heavy atom. The van der Waals surface area contributed by atoms with Crippen molar-refractivity contribution in [3.05, 3.63) is 0 Å². The first-order chi connectivity index (χ1) is 7.09. The van der Waals surface area contributed by atoms with Gasteiger partial charge in [0.1, 0.15) is 6.23 Å². The van der Waals surface area contributed by atoms with E-state index in [1.165, 1.54) is 12.8 Å². The first-order valence-corrected chi connectivity index (χ1v) is 7.64. The molecule has 90 valence electrons. The molecule has 0 spiro atoms. The molecular weight excluding hydrogens is 208 g/mol. The molecular formula is C10H24N2O2Si. The van der Waals surface area contributed by atoms with Crippen LogP contribution in [0.25, 0.3) is 0 Å². The van der Waals surface area contributed by atoms with Crippen LogP contribution in [0.15, 0.2) is 0 Å². The highest BCUT2D eigenvalue weighted by molar-refractivity contribution is 6.44. The minimum atomic E-state index is -1.42. The van der Waals surface area contributed by atoms with Crippen molar-refractivity contribution in [2.24, 2.45) is 11.7 Å². The Kier molecular flexibility index (Phi) is 5.77. The monoisotopic (exact) mass is 232 g/mol. The molecule has 3 atom stereocenters. The van der Waals surface area contributed by atoms with Gasteiger partial charge in [0, 0.05) is 6.61 Å². The van der Waals surface area contributed by atoms with Crippen LogP contribution in [0, 0.1) is 5.92 Å². The first kappa shape index (κ1) is 13.1. The van der Waals surface area contributed by atoms with Gasteiger partial charge in [0.2, 0.25) is 0 Å². The summed E-state index contributed by atoms with van der Waals surface area (Å²) in [6, 6.07) is 1.13. The second-order valence-electron chi connectivity index (χ2n) is 4.55. The van der Waals surface area contributed by atoms with E-state index >= 15 is 0 Å². The van der Waals surface area contributed by atoms with E-state index in [0.717, 1.165) is 12.7 Å². The normalized spacial score (nSPS) is 26.6. The van der Waals surface area contributed by atoms with Crippen LogP contribution < -0.4 is 11.1 Å². The maximum Gasteiger partial charge on any atom is 0.322 e. The molecule has 0 bridgehead atoms. The summed E-state index contributed by atoms with van der Waals surface area (Å²) in [5, 5.41) is 3.24. The van der Waals surface area contributed by atoms with Gasteiger partial charge in [0.25, 0.3) is 0 Å². The fraction of sp³-hybridized carbons (Fsp3) is 1.00. The summed E-state index contributed by atoms with van der Waals surface area (Å²) in [5.74, 6) is 0.425. The van der Waals surface area contributed by atoms with E-state index in [-0.39, 0.29) is 12.4 Å². The van der Waals surface area contributed by atoms with Crippen molar-refractivity contribution in [2.45, 2.75) is 52.1 Å². The van der Waals surface area contributed by atoms with Crippen LogP contribution in [0.3, 0.4) is 0 Å². The molecule has 0 saturated carbocycles. The van der Waals surface area contributed by atoms with Gasteiger partial charge >= 0.3 is 9.28 Å². The van der Waals surface area contributed by atoms with E-state index in [9.17, 15) is 0 Å². The van der Waals surface area contributed by atoms with Crippen molar-refractivity contribution in [2.75, 3.05) is 6.61 Å². The maximum atomic E-state index is 5.99. The summed E-state index contributed by atoms with van der Waals surface area (Å²) < 4.78 is 11.7. The fourth-order valence-electron chi connectivity index (χ4n) is 1.63. The minimum absolute atomic E-state index is 0.0324. The van der Waals surface area contributed by atoms with E-state index < -0.39 is 9.28 Å². The van der Waals surface area contributed by atoms with E-state index in [2.05, 4.69) is 19.2 Å². The molecule has 5 heteroatoms. The molecule has 0 amide bonds. The van der Waals surface area contributed by atoms with Gasteiger partial charge in [-0.1, -0.05) is 13.8 Å². The Bertz CT molecular complexity index is 173. The third kappa shape index (κ3) is 5.08. The zero-order valence-electron chi connectivity index (χ0n) is 10.0. The van der Waals surface area contributed by atoms with Gasteiger partial charge in [-0.15, -0.1) is 0 Å². The summed E-state index contributed by atoms with van der Waals surface area (Å²) in [6.07, 6.45) is 2.44. The van der Waals surface area contributed by atoms with Crippen molar-refractivity contribution < 1.29 is 8.85 Å². The lowest BCUT2D eigenvalue weighted by Gasteiger charge is -2.30. The SMILES string of the molecule is CC(N)NC(O[SiH]1CCCCO1)C(C)C. The lowest BCUT2D eigenvalue weighted by atomic mass is 10.2. The molecule has 0 aromatic carbocycles. The Hall–Kier alpha value is 0.0569. The highest BCUT2D eigenvalue weighted by Gasteiger charge is 2.24. The fourth-order valence-corrected chi connectivity index (χ4v) is 3.78. The van der Waals surface area contributed by atoms with Gasteiger partial charge in [-0.2, -0.15) is 0 Å². The topological polar surface area (TPSA) is 56.5 Å².